The number of amides is 1. The number of rotatable bonds is 6. The molecule has 3 aromatic rings. The molecule has 32 heavy (non-hydrogen) atoms. The highest BCUT2D eigenvalue weighted by Gasteiger charge is 2.28. The molecule has 1 fully saturated rings. The van der Waals surface area contributed by atoms with Crippen molar-refractivity contribution in [2.75, 3.05) is 20.1 Å². The lowest BCUT2D eigenvalue weighted by molar-refractivity contribution is 0.0567. The Morgan fingerprint density at radius 1 is 1.09 bits per heavy atom. The first kappa shape index (κ1) is 22.2. The van der Waals surface area contributed by atoms with E-state index in [9.17, 15) is 9.18 Å². The van der Waals surface area contributed by atoms with E-state index in [1.54, 1.807) is 12.1 Å². The van der Waals surface area contributed by atoms with Gasteiger partial charge in [0.05, 0.1) is 12.2 Å². The zero-order valence-electron chi connectivity index (χ0n) is 19.1. The number of likely N-dealkylation sites (tertiary alicyclic amines) is 1. The second-order valence-corrected chi connectivity index (χ2v) is 8.84. The van der Waals surface area contributed by atoms with Crippen LogP contribution in [0.3, 0.4) is 0 Å². The first-order chi connectivity index (χ1) is 15.4. The summed E-state index contributed by atoms with van der Waals surface area (Å²) in [7, 11) is 2.10. The molecule has 6 heteroatoms. The first-order valence-electron chi connectivity index (χ1n) is 11.2. The SMILES string of the molecule is Cc1cc(C)n(Cc2cccc(C(=O)N(Cc3ccccc3F)C3CCN(C)CC3)c2)n1. The first-order valence-corrected chi connectivity index (χ1v) is 11.2. The second-order valence-electron chi connectivity index (χ2n) is 8.84. The van der Waals surface area contributed by atoms with Crippen molar-refractivity contribution in [2.24, 2.45) is 0 Å². The van der Waals surface area contributed by atoms with Crippen LogP contribution >= 0.6 is 0 Å². The van der Waals surface area contributed by atoms with Crippen molar-refractivity contribution in [1.82, 2.24) is 19.6 Å². The van der Waals surface area contributed by atoms with E-state index >= 15 is 0 Å². The maximum Gasteiger partial charge on any atom is 0.254 e. The quantitative estimate of drug-likeness (QED) is 0.577. The fraction of sp³-hybridized carbons (Fsp3) is 0.385. The highest BCUT2D eigenvalue weighted by atomic mass is 19.1. The summed E-state index contributed by atoms with van der Waals surface area (Å²) in [4.78, 5) is 17.8. The summed E-state index contributed by atoms with van der Waals surface area (Å²) >= 11 is 0. The van der Waals surface area contributed by atoms with Crippen LogP contribution in [0.15, 0.2) is 54.6 Å². The zero-order chi connectivity index (χ0) is 22.7. The Morgan fingerprint density at radius 2 is 1.84 bits per heavy atom. The normalized spacial score (nSPS) is 15.1. The fourth-order valence-electron chi connectivity index (χ4n) is 4.46. The smallest absolute Gasteiger partial charge is 0.254 e. The van der Waals surface area contributed by atoms with Crippen LogP contribution in [0.5, 0.6) is 0 Å². The number of benzene rings is 2. The Hall–Kier alpha value is -2.99. The molecule has 0 radical (unpaired) electrons. The standard InChI is InChI=1S/C26H31FN4O/c1-19-15-20(2)31(28-19)17-21-7-6-9-22(16-21)26(32)30(24-11-13-29(3)14-12-24)18-23-8-4-5-10-25(23)27/h4-10,15-16,24H,11-14,17-18H2,1-3H3. The lowest BCUT2D eigenvalue weighted by Gasteiger charge is -2.37. The largest absolute Gasteiger partial charge is 0.331 e. The van der Waals surface area contributed by atoms with Gasteiger partial charge in [-0.15, -0.1) is 0 Å². The maximum absolute atomic E-state index is 14.4. The highest BCUT2D eigenvalue weighted by Crippen LogP contribution is 2.23. The van der Waals surface area contributed by atoms with Crippen molar-refractivity contribution < 1.29 is 9.18 Å². The Bertz CT molecular complexity index is 1080. The number of aryl methyl sites for hydroxylation is 2. The molecule has 5 nitrogen and oxygen atoms in total. The molecule has 4 rings (SSSR count). The summed E-state index contributed by atoms with van der Waals surface area (Å²) in [6.45, 7) is 6.77. The van der Waals surface area contributed by atoms with Gasteiger partial charge in [0.25, 0.3) is 5.91 Å². The second kappa shape index (κ2) is 9.65. The van der Waals surface area contributed by atoms with Crippen LogP contribution in [-0.4, -0.2) is 51.7 Å². The van der Waals surface area contributed by atoms with Gasteiger partial charge in [0.1, 0.15) is 5.82 Å². The summed E-state index contributed by atoms with van der Waals surface area (Å²) in [5, 5.41) is 4.54. The van der Waals surface area contributed by atoms with Crippen molar-refractivity contribution in [2.45, 2.75) is 45.8 Å². The zero-order valence-corrected chi connectivity index (χ0v) is 19.1. The molecule has 1 amide bonds. The summed E-state index contributed by atoms with van der Waals surface area (Å²) < 4.78 is 16.4. The van der Waals surface area contributed by atoms with E-state index in [1.807, 2.05) is 59.8 Å². The molecule has 0 N–H and O–H groups in total. The van der Waals surface area contributed by atoms with Gasteiger partial charge in [-0.3, -0.25) is 9.48 Å². The molecule has 0 atom stereocenters. The molecule has 1 saturated heterocycles. The molecule has 0 aliphatic carbocycles. The van der Waals surface area contributed by atoms with E-state index in [2.05, 4.69) is 17.0 Å². The molecule has 0 spiro atoms. The van der Waals surface area contributed by atoms with E-state index in [0.717, 1.165) is 42.9 Å². The van der Waals surface area contributed by atoms with E-state index in [1.165, 1.54) is 6.07 Å². The third-order valence-electron chi connectivity index (χ3n) is 6.30. The minimum Gasteiger partial charge on any atom is -0.331 e. The number of hydrogen-bond acceptors (Lipinski definition) is 3. The van der Waals surface area contributed by atoms with Gasteiger partial charge in [0, 0.05) is 29.4 Å². The molecule has 168 valence electrons. The maximum atomic E-state index is 14.4. The minimum absolute atomic E-state index is 0.0435. The van der Waals surface area contributed by atoms with Gasteiger partial charge in [0.15, 0.2) is 0 Å². The number of nitrogens with zero attached hydrogens (tertiary/aromatic N) is 4. The van der Waals surface area contributed by atoms with Crippen LogP contribution in [0.25, 0.3) is 0 Å². The summed E-state index contributed by atoms with van der Waals surface area (Å²) in [6, 6.07) is 16.6. The Kier molecular flexibility index (Phi) is 6.70. The third-order valence-corrected chi connectivity index (χ3v) is 6.30. The monoisotopic (exact) mass is 434 g/mol. The number of aromatic nitrogens is 2. The van der Waals surface area contributed by atoms with Crippen molar-refractivity contribution >= 4 is 5.91 Å². The molecular weight excluding hydrogens is 403 g/mol. The van der Waals surface area contributed by atoms with Gasteiger partial charge in [-0.1, -0.05) is 30.3 Å². The fourth-order valence-corrected chi connectivity index (χ4v) is 4.46. The van der Waals surface area contributed by atoms with E-state index < -0.39 is 0 Å². The Balaban J connectivity index is 1.60. The summed E-state index contributed by atoms with van der Waals surface area (Å²) in [6.07, 6.45) is 1.78. The Morgan fingerprint density at radius 3 is 2.53 bits per heavy atom. The molecular formula is C26H31FN4O. The van der Waals surface area contributed by atoms with Crippen molar-refractivity contribution in [3.63, 3.8) is 0 Å². The molecule has 0 bridgehead atoms. The van der Waals surface area contributed by atoms with E-state index in [4.69, 9.17) is 0 Å². The van der Waals surface area contributed by atoms with Crippen LogP contribution in [0.1, 0.15) is 45.7 Å². The van der Waals surface area contributed by atoms with Crippen LogP contribution in [0.2, 0.25) is 0 Å². The van der Waals surface area contributed by atoms with Crippen LogP contribution < -0.4 is 0 Å². The number of carbonyl (C=O) groups is 1. The van der Waals surface area contributed by atoms with Gasteiger partial charge in [-0.25, -0.2) is 4.39 Å². The molecule has 1 aliphatic heterocycles. The van der Waals surface area contributed by atoms with Gasteiger partial charge in [-0.2, -0.15) is 5.10 Å². The number of carbonyl (C=O) groups excluding carboxylic acids is 1. The number of piperidine rings is 1. The minimum atomic E-state index is -0.267. The van der Waals surface area contributed by atoms with Crippen molar-refractivity contribution in [3.05, 3.63) is 88.5 Å². The van der Waals surface area contributed by atoms with E-state index in [-0.39, 0.29) is 24.3 Å². The molecule has 2 heterocycles. The lowest BCUT2D eigenvalue weighted by atomic mass is 10.0. The van der Waals surface area contributed by atoms with Gasteiger partial charge in [0.2, 0.25) is 0 Å². The summed E-state index contributed by atoms with van der Waals surface area (Å²) in [5.41, 5.74) is 4.29. The molecule has 1 aromatic heterocycles. The van der Waals surface area contributed by atoms with Crippen LogP contribution in [0.4, 0.5) is 4.39 Å². The molecule has 0 saturated carbocycles. The highest BCUT2D eigenvalue weighted by molar-refractivity contribution is 5.94. The summed E-state index contributed by atoms with van der Waals surface area (Å²) in [5.74, 6) is -0.311. The topological polar surface area (TPSA) is 41.4 Å². The predicted octanol–water partition coefficient (Wildman–Crippen LogP) is 4.42. The van der Waals surface area contributed by atoms with Gasteiger partial charge in [-0.05, 0) is 76.7 Å². The number of halogens is 1. The molecule has 2 aromatic carbocycles. The van der Waals surface area contributed by atoms with Gasteiger partial charge >= 0.3 is 0 Å². The average Bonchev–Trinajstić information content (AvgIpc) is 3.10. The van der Waals surface area contributed by atoms with Crippen LogP contribution in [-0.2, 0) is 13.1 Å². The van der Waals surface area contributed by atoms with Gasteiger partial charge < -0.3 is 9.80 Å². The average molecular weight is 435 g/mol. The van der Waals surface area contributed by atoms with E-state index in [0.29, 0.717) is 17.7 Å². The molecule has 1 aliphatic rings. The third kappa shape index (κ3) is 5.07. The number of hydrogen-bond donors (Lipinski definition) is 0. The van der Waals surface area contributed by atoms with Crippen molar-refractivity contribution in [1.29, 1.82) is 0 Å². The molecule has 0 unspecified atom stereocenters. The predicted molar refractivity (Wildman–Crippen MR) is 124 cm³/mol. The lowest BCUT2D eigenvalue weighted by Crippen LogP contribution is -2.46. The Labute approximate surface area is 189 Å². The van der Waals surface area contributed by atoms with Crippen LogP contribution in [0, 0.1) is 19.7 Å². The van der Waals surface area contributed by atoms with Crippen molar-refractivity contribution in [3.8, 4) is 0 Å².